The minimum Gasteiger partial charge on any atom is -0.469 e. The molecule has 5 rings (SSSR count). The Bertz CT molecular complexity index is 945. The Morgan fingerprint density at radius 2 is 2.28 bits per heavy atom. The second kappa shape index (κ2) is 7.13. The van der Waals surface area contributed by atoms with Crippen molar-refractivity contribution in [2.45, 2.75) is 50.6 Å². The van der Waals surface area contributed by atoms with E-state index in [2.05, 4.69) is 16.4 Å². The van der Waals surface area contributed by atoms with Crippen LogP contribution in [-0.2, 0) is 22.4 Å². The molecular weight excluding hydrogens is 386 g/mol. The predicted molar refractivity (Wildman–Crippen MR) is 111 cm³/mol. The monoisotopic (exact) mass is 411 g/mol. The highest BCUT2D eigenvalue weighted by Gasteiger charge is 2.62. The van der Waals surface area contributed by atoms with Gasteiger partial charge in [0.15, 0.2) is 0 Å². The summed E-state index contributed by atoms with van der Waals surface area (Å²) < 4.78 is 5.25. The number of amides is 1. The van der Waals surface area contributed by atoms with E-state index in [1.165, 1.54) is 24.0 Å². The number of anilines is 1. The Kier molecular flexibility index (Phi) is 4.57. The molecule has 0 spiro atoms. The summed E-state index contributed by atoms with van der Waals surface area (Å²) in [7, 11) is 1.45. The van der Waals surface area contributed by atoms with Crippen LogP contribution < -0.4 is 5.32 Å². The largest absolute Gasteiger partial charge is 0.469 e. The van der Waals surface area contributed by atoms with Crippen LogP contribution in [0.5, 0.6) is 0 Å². The number of thiazole rings is 1. The number of carbonyl (C=O) groups excluding carboxylic acids is 2. The zero-order valence-corrected chi connectivity index (χ0v) is 17.3. The maximum atomic E-state index is 13.7. The summed E-state index contributed by atoms with van der Waals surface area (Å²) in [4.78, 5) is 33.1. The average Bonchev–Trinajstić information content (AvgIpc) is 3.48. The fourth-order valence-electron chi connectivity index (χ4n) is 5.65. The molecule has 2 bridgehead atoms. The predicted octanol–water partition coefficient (Wildman–Crippen LogP) is 3.28. The number of rotatable bonds is 4. The van der Waals surface area contributed by atoms with E-state index in [0.717, 1.165) is 49.2 Å². The van der Waals surface area contributed by atoms with E-state index < -0.39 is 5.41 Å². The third kappa shape index (κ3) is 2.86. The number of nitrogens with zero attached hydrogens (tertiary/aromatic N) is 2. The van der Waals surface area contributed by atoms with Crippen molar-refractivity contribution in [1.29, 1.82) is 0 Å². The van der Waals surface area contributed by atoms with Crippen LogP contribution in [0.25, 0.3) is 0 Å². The number of aromatic nitrogens is 1. The zero-order valence-electron chi connectivity index (χ0n) is 16.5. The van der Waals surface area contributed by atoms with Crippen LogP contribution in [0.3, 0.4) is 0 Å². The van der Waals surface area contributed by atoms with E-state index in [0.29, 0.717) is 12.8 Å². The number of hydrogen-bond acceptors (Lipinski definition) is 6. The van der Waals surface area contributed by atoms with Gasteiger partial charge in [-0.05, 0) is 43.7 Å². The Morgan fingerprint density at radius 1 is 1.38 bits per heavy atom. The molecule has 1 N–H and O–H groups in total. The topological polar surface area (TPSA) is 71.5 Å². The van der Waals surface area contributed by atoms with E-state index >= 15 is 0 Å². The highest BCUT2D eigenvalue weighted by Crippen LogP contribution is 2.53. The van der Waals surface area contributed by atoms with Crippen LogP contribution in [0.15, 0.2) is 29.1 Å². The fraction of sp³-hybridized carbons (Fsp3) is 0.500. The Hall–Kier alpha value is -2.41. The molecule has 7 heteroatoms. The maximum absolute atomic E-state index is 13.7. The molecule has 0 aliphatic carbocycles. The van der Waals surface area contributed by atoms with Gasteiger partial charge in [0.25, 0.3) is 5.91 Å². The summed E-state index contributed by atoms with van der Waals surface area (Å²) in [6, 6.07) is 5.91. The van der Waals surface area contributed by atoms with Gasteiger partial charge in [0.1, 0.15) is 0 Å². The molecule has 6 nitrogen and oxygen atoms in total. The second-order valence-electron chi connectivity index (χ2n) is 8.34. The van der Waals surface area contributed by atoms with Crippen molar-refractivity contribution >= 4 is 28.9 Å². The van der Waals surface area contributed by atoms with Gasteiger partial charge >= 0.3 is 5.97 Å². The number of aryl methyl sites for hydroxylation is 1. The van der Waals surface area contributed by atoms with Gasteiger partial charge < -0.3 is 15.0 Å². The number of benzene rings is 1. The van der Waals surface area contributed by atoms with Gasteiger partial charge in [-0.15, -0.1) is 11.3 Å². The first-order valence-corrected chi connectivity index (χ1v) is 11.2. The minimum absolute atomic E-state index is 0.0350. The summed E-state index contributed by atoms with van der Waals surface area (Å²) in [5, 5.41) is 5.42. The lowest BCUT2D eigenvalue weighted by Gasteiger charge is -2.34. The maximum Gasteiger partial charge on any atom is 0.314 e. The van der Waals surface area contributed by atoms with Gasteiger partial charge in [-0.2, -0.15) is 0 Å². The Labute approximate surface area is 174 Å². The first-order chi connectivity index (χ1) is 14.1. The smallest absolute Gasteiger partial charge is 0.314 e. The molecule has 3 atom stereocenters. The zero-order chi connectivity index (χ0) is 20.0. The summed E-state index contributed by atoms with van der Waals surface area (Å²) in [5.74, 6) is -0.184. The fourth-order valence-corrected chi connectivity index (χ4v) is 6.21. The molecule has 1 amide bonds. The molecule has 0 saturated carbocycles. The Balaban J connectivity index is 1.51. The lowest BCUT2D eigenvalue weighted by atomic mass is 9.71. The third-order valence-electron chi connectivity index (χ3n) is 6.85. The molecule has 2 saturated heterocycles. The molecule has 1 aromatic heterocycles. The van der Waals surface area contributed by atoms with Gasteiger partial charge in [0.2, 0.25) is 0 Å². The van der Waals surface area contributed by atoms with E-state index in [1.54, 1.807) is 5.51 Å². The van der Waals surface area contributed by atoms with Crippen LogP contribution in [0.4, 0.5) is 5.69 Å². The normalized spacial score (nSPS) is 27.4. The molecule has 3 aliphatic heterocycles. The average molecular weight is 412 g/mol. The second-order valence-corrected chi connectivity index (χ2v) is 9.06. The summed E-state index contributed by atoms with van der Waals surface area (Å²) >= 11 is 1.53. The number of methoxy groups -OCH3 is 1. The molecule has 1 aromatic carbocycles. The van der Waals surface area contributed by atoms with Crippen molar-refractivity contribution in [2.75, 3.05) is 19.0 Å². The highest BCUT2D eigenvalue weighted by molar-refractivity contribution is 7.07. The van der Waals surface area contributed by atoms with Crippen molar-refractivity contribution in [2.24, 2.45) is 5.41 Å². The first kappa shape index (κ1) is 18.6. The van der Waals surface area contributed by atoms with Gasteiger partial charge in [0, 0.05) is 30.4 Å². The van der Waals surface area contributed by atoms with Crippen LogP contribution in [0.2, 0.25) is 0 Å². The van der Waals surface area contributed by atoms with Crippen LogP contribution in [0, 0.1) is 5.41 Å². The van der Waals surface area contributed by atoms with Crippen molar-refractivity contribution in [1.82, 2.24) is 9.88 Å². The summed E-state index contributed by atoms with van der Waals surface area (Å²) in [6.07, 6.45) is 5.02. The molecule has 2 fully saturated rings. The van der Waals surface area contributed by atoms with E-state index in [9.17, 15) is 9.59 Å². The SMILES string of the molecule is COC(=O)[C@@]1(Cc2cscn2)C[C@H]2CC[C@@H]1N2C(=O)c1cccc2c1NCCC2. The quantitative estimate of drug-likeness (QED) is 0.782. The number of esters is 1. The molecule has 2 aromatic rings. The van der Waals surface area contributed by atoms with Crippen LogP contribution in [-0.4, -0.2) is 47.5 Å². The van der Waals surface area contributed by atoms with Crippen molar-refractivity contribution in [3.63, 3.8) is 0 Å². The molecule has 29 heavy (non-hydrogen) atoms. The lowest BCUT2D eigenvalue weighted by Crippen LogP contribution is -2.47. The number of hydrogen-bond donors (Lipinski definition) is 1. The number of para-hydroxylation sites is 1. The number of carbonyl (C=O) groups is 2. The molecule has 0 unspecified atom stereocenters. The van der Waals surface area contributed by atoms with Gasteiger partial charge in [0.05, 0.1) is 35.0 Å². The minimum atomic E-state index is -0.705. The molecular formula is C22H25N3O3S. The molecule has 3 aliphatic rings. The molecule has 4 heterocycles. The molecule has 152 valence electrons. The third-order valence-corrected chi connectivity index (χ3v) is 7.49. The highest BCUT2D eigenvalue weighted by atomic mass is 32.1. The lowest BCUT2D eigenvalue weighted by molar-refractivity contribution is -0.154. The van der Waals surface area contributed by atoms with Gasteiger partial charge in [-0.1, -0.05) is 12.1 Å². The Morgan fingerprint density at radius 3 is 3.07 bits per heavy atom. The van der Waals surface area contributed by atoms with E-state index in [-0.39, 0.29) is 24.0 Å². The van der Waals surface area contributed by atoms with Crippen molar-refractivity contribution in [3.8, 4) is 0 Å². The van der Waals surface area contributed by atoms with Gasteiger partial charge in [-0.25, -0.2) is 4.98 Å². The van der Waals surface area contributed by atoms with E-state index in [4.69, 9.17) is 4.74 Å². The van der Waals surface area contributed by atoms with Crippen molar-refractivity contribution < 1.29 is 14.3 Å². The number of nitrogens with one attached hydrogen (secondary N) is 1. The molecule has 0 radical (unpaired) electrons. The number of ether oxygens (including phenoxy) is 1. The number of fused-ring (bicyclic) bond motifs is 3. The first-order valence-electron chi connectivity index (χ1n) is 10.3. The van der Waals surface area contributed by atoms with Gasteiger partial charge in [-0.3, -0.25) is 9.59 Å². The van der Waals surface area contributed by atoms with Crippen LogP contribution >= 0.6 is 11.3 Å². The summed E-state index contributed by atoms with van der Waals surface area (Å²) in [6.45, 7) is 0.889. The summed E-state index contributed by atoms with van der Waals surface area (Å²) in [5.41, 5.74) is 4.89. The standard InChI is InChI=1S/C22H25N3O3S/c1-28-21(27)22(10-15-12-29-13-24-15)11-16-7-8-18(22)25(16)20(26)17-6-2-4-14-5-3-9-23-19(14)17/h2,4,6,12-13,16,18,23H,3,5,7-11H2,1H3/t16-,18+,22+/m1/s1. The van der Waals surface area contributed by atoms with Crippen molar-refractivity contribution in [3.05, 3.63) is 45.9 Å². The van der Waals surface area contributed by atoms with E-state index in [1.807, 2.05) is 22.4 Å². The van der Waals surface area contributed by atoms with Crippen LogP contribution in [0.1, 0.15) is 47.3 Å².